The van der Waals surface area contributed by atoms with Crippen LogP contribution in [0, 0.1) is 6.92 Å². The van der Waals surface area contributed by atoms with E-state index in [0.717, 1.165) is 10.4 Å². The average molecular weight is 276 g/mol. The van der Waals surface area contributed by atoms with Gasteiger partial charge in [-0.3, -0.25) is 0 Å². The van der Waals surface area contributed by atoms with E-state index in [4.69, 9.17) is 5.73 Å². The molecular weight excluding hydrogens is 256 g/mol. The van der Waals surface area contributed by atoms with Gasteiger partial charge in [0.25, 0.3) is 0 Å². The molecule has 0 aliphatic rings. The summed E-state index contributed by atoms with van der Waals surface area (Å²) < 4.78 is 0. The molecule has 0 spiro atoms. The van der Waals surface area contributed by atoms with Crippen molar-refractivity contribution in [1.29, 1.82) is 0 Å². The van der Waals surface area contributed by atoms with Crippen molar-refractivity contribution in [2.24, 2.45) is 0 Å². The molecular formula is C15H20N2OS. The Hall–Kier alpha value is -1.39. The molecule has 19 heavy (non-hydrogen) atoms. The number of hydrogen-bond donors (Lipinski definition) is 2. The van der Waals surface area contributed by atoms with Crippen molar-refractivity contribution in [1.82, 2.24) is 4.98 Å². The maximum Gasteiger partial charge on any atom is 0.129 e. The summed E-state index contributed by atoms with van der Waals surface area (Å²) in [5, 5.41) is 10.5. The highest BCUT2D eigenvalue weighted by atomic mass is 32.1. The Morgan fingerprint density at radius 2 is 2.00 bits per heavy atom. The average Bonchev–Trinajstić information content (AvgIpc) is 2.80. The minimum Gasteiger partial charge on any atom is -0.383 e. The number of pyridine rings is 1. The molecule has 102 valence electrons. The van der Waals surface area contributed by atoms with Crippen LogP contribution in [0.3, 0.4) is 0 Å². The van der Waals surface area contributed by atoms with Crippen LogP contribution >= 0.6 is 11.3 Å². The number of aliphatic hydroxyl groups excluding tert-OH is 1. The minimum absolute atomic E-state index is 0.0963. The van der Waals surface area contributed by atoms with E-state index in [-0.39, 0.29) is 5.41 Å². The second-order valence-electron chi connectivity index (χ2n) is 5.84. The molecule has 0 amide bonds. The lowest BCUT2D eigenvalue weighted by Gasteiger charge is -2.16. The second-order valence-corrected chi connectivity index (χ2v) is 6.96. The van der Waals surface area contributed by atoms with Gasteiger partial charge < -0.3 is 10.8 Å². The van der Waals surface area contributed by atoms with Gasteiger partial charge in [-0.2, -0.15) is 0 Å². The first kappa shape index (κ1) is 14.0. The molecule has 2 aromatic heterocycles. The van der Waals surface area contributed by atoms with Crippen molar-refractivity contribution in [2.45, 2.75) is 39.2 Å². The molecule has 0 aliphatic heterocycles. The molecule has 1 atom stereocenters. The van der Waals surface area contributed by atoms with Crippen molar-refractivity contribution in [2.75, 3.05) is 5.73 Å². The third-order valence-electron chi connectivity index (χ3n) is 3.02. The van der Waals surface area contributed by atoms with Crippen LogP contribution in [0.15, 0.2) is 24.4 Å². The number of nitrogen functional groups attached to an aromatic ring is 1. The third kappa shape index (κ3) is 2.96. The van der Waals surface area contributed by atoms with Gasteiger partial charge in [0.1, 0.15) is 11.9 Å². The summed E-state index contributed by atoms with van der Waals surface area (Å²) >= 11 is 1.62. The van der Waals surface area contributed by atoms with Crippen LogP contribution in [0.1, 0.15) is 47.8 Å². The van der Waals surface area contributed by atoms with Gasteiger partial charge in [-0.1, -0.05) is 20.8 Å². The van der Waals surface area contributed by atoms with Gasteiger partial charge in [-0.25, -0.2) is 4.98 Å². The van der Waals surface area contributed by atoms with Crippen LogP contribution in [0.4, 0.5) is 5.82 Å². The number of hydrogen-bond acceptors (Lipinski definition) is 4. The number of nitrogens with two attached hydrogens (primary N) is 1. The zero-order valence-corrected chi connectivity index (χ0v) is 12.6. The van der Waals surface area contributed by atoms with Crippen molar-refractivity contribution in [3.8, 4) is 0 Å². The number of aryl methyl sites for hydroxylation is 1. The number of nitrogens with zero attached hydrogens (tertiary/aromatic N) is 1. The molecule has 0 aromatic carbocycles. The predicted octanol–water partition coefficient (Wildman–Crippen LogP) is 3.41. The first-order chi connectivity index (χ1) is 8.79. The number of thiophene rings is 1. The van der Waals surface area contributed by atoms with E-state index in [9.17, 15) is 5.11 Å². The molecule has 3 N–H and O–H groups in total. The zero-order valence-electron chi connectivity index (χ0n) is 11.8. The fraction of sp³-hybridized carbons (Fsp3) is 0.400. The fourth-order valence-electron chi connectivity index (χ4n) is 1.88. The molecule has 3 nitrogen and oxygen atoms in total. The van der Waals surface area contributed by atoms with Crippen molar-refractivity contribution < 1.29 is 5.11 Å². The highest BCUT2D eigenvalue weighted by molar-refractivity contribution is 7.12. The SMILES string of the molecule is Cc1cnc(N)c(C(O)c2ccc(C(C)(C)C)s2)c1. The van der Waals surface area contributed by atoms with Crippen LogP contribution in [-0.4, -0.2) is 10.1 Å². The van der Waals surface area contributed by atoms with Crippen LogP contribution in [-0.2, 0) is 5.41 Å². The number of aliphatic hydroxyl groups is 1. The Balaban J connectivity index is 2.36. The highest BCUT2D eigenvalue weighted by Gasteiger charge is 2.21. The summed E-state index contributed by atoms with van der Waals surface area (Å²) in [6, 6.07) is 5.93. The van der Waals surface area contributed by atoms with Gasteiger partial charge in [-0.15, -0.1) is 11.3 Å². The molecule has 0 radical (unpaired) electrons. The maximum absolute atomic E-state index is 10.5. The third-order valence-corrected chi connectivity index (χ3v) is 4.58. The summed E-state index contributed by atoms with van der Waals surface area (Å²) in [6.45, 7) is 8.43. The number of rotatable bonds is 2. The molecule has 2 aromatic rings. The molecule has 2 heterocycles. The van der Waals surface area contributed by atoms with Gasteiger partial charge in [-0.05, 0) is 36.1 Å². The van der Waals surface area contributed by atoms with Crippen molar-refractivity contribution in [3.63, 3.8) is 0 Å². The van der Waals surface area contributed by atoms with E-state index in [1.807, 2.05) is 19.1 Å². The Bertz CT molecular complexity index is 584. The van der Waals surface area contributed by atoms with Crippen molar-refractivity contribution in [3.05, 3.63) is 45.3 Å². The van der Waals surface area contributed by atoms with Crippen molar-refractivity contribution >= 4 is 17.2 Å². The highest BCUT2D eigenvalue weighted by Crippen LogP contribution is 2.35. The van der Waals surface area contributed by atoms with E-state index in [1.54, 1.807) is 17.5 Å². The summed E-state index contributed by atoms with van der Waals surface area (Å²) in [4.78, 5) is 6.26. The largest absolute Gasteiger partial charge is 0.383 e. The van der Waals surface area contributed by atoms with Crippen LogP contribution in [0.5, 0.6) is 0 Å². The Morgan fingerprint density at radius 3 is 2.58 bits per heavy atom. The number of aromatic nitrogens is 1. The molecule has 0 saturated carbocycles. The minimum atomic E-state index is -0.700. The summed E-state index contributed by atoms with van der Waals surface area (Å²) in [5.74, 6) is 0.392. The lowest BCUT2D eigenvalue weighted by molar-refractivity contribution is 0.224. The smallest absolute Gasteiger partial charge is 0.129 e. The quantitative estimate of drug-likeness (QED) is 0.883. The summed E-state index contributed by atoms with van der Waals surface area (Å²) in [5.41, 5.74) is 7.63. The van der Waals surface area contributed by atoms with E-state index < -0.39 is 6.10 Å². The topological polar surface area (TPSA) is 59.1 Å². The monoisotopic (exact) mass is 276 g/mol. The molecule has 0 bridgehead atoms. The lowest BCUT2D eigenvalue weighted by atomic mass is 9.95. The van der Waals surface area contributed by atoms with Gasteiger partial charge in [0.2, 0.25) is 0 Å². The zero-order chi connectivity index (χ0) is 14.2. The van der Waals surface area contributed by atoms with Crippen LogP contribution in [0.2, 0.25) is 0 Å². The molecule has 1 unspecified atom stereocenters. The molecule has 0 aliphatic carbocycles. The van der Waals surface area contributed by atoms with E-state index in [0.29, 0.717) is 11.4 Å². The molecule has 4 heteroatoms. The van der Waals surface area contributed by atoms with Gasteiger partial charge in [0.05, 0.1) is 0 Å². The Labute approximate surface area is 118 Å². The molecule has 0 saturated heterocycles. The van der Waals surface area contributed by atoms with E-state index in [2.05, 4.69) is 31.8 Å². The number of anilines is 1. The maximum atomic E-state index is 10.5. The molecule has 2 rings (SSSR count). The Kier molecular flexibility index (Phi) is 3.65. The van der Waals surface area contributed by atoms with Gasteiger partial charge in [0.15, 0.2) is 0 Å². The summed E-state index contributed by atoms with van der Waals surface area (Å²) in [6.07, 6.45) is 1.01. The normalized spacial score (nSPS) is 13.5. The predicted molar refractivity (Wildman–Crippen MR) is 80.5 cm³/mol. The van der Waals surface area contributed by atoms with Gasteiger partial charge in [0, 0.05) is 21.5 Å². The molecule has 0 fully saturated rings. The first-order valence-electron chi connectivity index (χ1n) is 6.29. The first-order valence-corrected chi connectivity index (χ1v) is 7.11. The standard InChI is InChI=1S/C15H20N2OS/c1-9-7-10(14(16)17-8-9)13(18)11-5-6-12(19-11)15(2,3)4/h5-8,13,18H,1-4H3,(H2,16,17). The lowest BCUT2D eigenvalue weighted by Crippen LogP contribution is -2.08. The van der Waals surface area contributed by atoms with E-state index in [1.165, 1.54) is 4.88 Å². The second kappa shape index (κ2) is 4.94. The van der Waals surface area contributed by atoms with Gasteiger partial charge >= 0.3 is 0 Å². The summed E-state index contributed by atoms with van der Waals surface area (Å²) in [7, 11) is 0. The fourth-order valence-corrected chi connectivity index (χ4v) is 2.95. The van der Waals surface area contributed by atoms with Crippen LogP contribution in [0.25, 0.3) is 0 Å². The van der Waals surface area contributed by atoms with Crippen LogP contribution < -0.4 is 5.73 Å². The van der Waals surface area contributed by atoms with E-state index >= 15 is 0 Å². The Morgan fingerprint density at radius 1 is 1.32 bits per heavy atom.